The molecule has 1 N–H and O–H groups in total. The van der Waals surface area contributed by atoms with Gasteiger partial charge in [-0.25, -0.2) is 4.98 Å². The summed E-state index contributed by atoms with van der Waals surface area (Å²) in [6.07, 6.45) is 4.88. The highest BCUT2D eigenvalue weighted by Gasteiger charge is 2.19. The zero-order valence-corrected chi connectivity index (χ0v) is 13.8. The monoisotopic (exact) mass is 336 g/mol. The maximum Gasteiger partial charge on any atom is 0.303 e. The van der Waals surface area contributed by atoms with Crippen molar-refractivity contribution < 1.29 is 14.6 Å². The minimum absolute atomic E-state index is 0.206. The molecule has 1 aliphatic heterocycles. The van der Waals surface area contributed by atoms with Crippen molar-refractivity contribution in [2.24, 2.45) is 0 Å². The second-order valence-electron chi connectivity index (χ2n) is 6.01. The van der Waals surface area contributed by atoms with Crippen LogP contribution in [0.15, 0.2) is 18.2 Å². The molecular weight excluding hydrogens is 316 g/mol. The summed E-state index contributed by atoms with van der Waals surface area (Å²) in [7, 11) is 0. The summed E-state index contributed by atoms with van der Waals surface area (Å²) in [6.45, 7) is 1.63. The first-order chi connectivity index (χ1) is 11.1. The first kappa shape index (κ1) is 16.3. The van der Waals surface area contributed by atoms with E-state index < -0.39 is 5.97 Å². The van der Waals surface area contributed by atoms with E-state index in [-0.39, 0.29) is 12.5 Å². The molecule has 1 unspecified atom stereocenters. The van der Waals surface area contributed by atoms with Gasteiger partial charge in [0.15, 0.2) is 0 Å². The van der Waals surface area contributed by atoms with Gasteiger partial charge in [0.2, 0.25) is 0 Å². The van der Waals surface area contributed by atoms with Gasteiger partial charge in [-0.05, 0) is 43.9 Å². The van der Waals surface area contributed by atoms with E-state index in [9.17, 15) is 4.79 Å². The number of ether oxygens (including phenoxy) is 1. The van der Waals surface area contributed by atoms with Crippen LogP contribution in [0.3, 0.4) is 0 Å². The molecule has 6 heteroatoms. The molecule has 23 heavy (non-hydrogen) atoms. The highest BCUT2D eigenvalue weighted by Crippen LogP contribution is 2.24. The number of aliphatic carboxylic acids is 1. The fraction of sp³-hybridized carbons (Fsp3) is 0.529. The number of rotatable bonds is 7. The maximum absolute atomic E-state index is 10.6. The van der Waals surface area contributed by atoms with Gasteiger partial charge in [-0.1, -0.05) is 11.6 Å². The normalized spacial score (nSPS) is 17.9. The Bertz CT molecular complexity index is 692. The van der Waals surface area contributed by atoms with E-state index in [2.05, 4.69) is 4.57 Å². The summed E-state index contributed by atoms with van der Waals surface area (Å²) in [4.78, 5) is 15.3. The van der Waals surface area contributed by atoms with Crippen LogP contribution in [0.4, 0.5) is 0 Å². The molecule has 1 atom stereocenters. The lowest BCUT2D eigenvalue weighted by molar-refractivity contribution is -0.137. The predicted octanol–water partition coefficient (Wildman–Crippen LogP) is 3.67. The number of aryl methyl sites for hydroxylation is 1. The molecule has 124 valence electrons. The molecule has 0 spiro atoms. The van der Waals surface area contributed by atoms with Crippen LogP contribution in [0, 0.1) is 0 Å². The number of carboxylic acid groups (broad SMARTS) is 1. The number of fused-ring (bicyclic) bond motifs is 1. The summed E-state index contributed by atoms with van der Waals surface area (Å²) < 4.78 is 7.97. The van der Waals surface area contributed by atoms with E-state index >= 15 is 0 Å². The van der Waals surface area contributed by atoms with Crippen molar-refractivity contribution in [3.63, 3.8) is 0 Å². The second kappa shape index (κ2) is 7.32. The fourth-order valence-electron chi connectivity index (χ4n) is 3.10. The van der Waals surface area contributed by atoms with Gasteiger partial charge in [0, 0.05) is 24.5 Å². The summed E-state index contributed by atoms with van der Waals surface area (Å²) in [5.74, 6) is 0.243. The molecule has 1 aliphatic rings. The molecule has 1 aromatic carbocycles. The topological polar surface area (TPSA) is 64.3 Å². The lowest BCUT2D eigenvalue weighted by Crippen LogP contribution is -2.17. The summed E-state index contributed by atoms with van der Waals surface area (Å²) in [5.41, 5.74) is 1.96. The van der Waals surface area contributed by atoms with Crippen LogP contribution in [-0.2, 0) is 22.5 Å². The quantitative estimate of drug-likeness (QED) is 0.783. The van der Waals surface area contributed by atoms with Gasteiger partial charge in [0.1, 0.15) is 5.82 Å². The number of carboxylic acids is 1. The lowest BCUT2D eigenvalue weighted by atomic mass is 10.2. The van der Waals surface area contributed by atoms with Crippen molar-refractivity contribution in [2.45, 2.75) is 51.2 Å². The molecule has 2 aromatic rings. The van der Waals surface area contributed by atoms with Crippen LogP contribution in [0.25, 0.3) is 11.0 Å². The van der Waals surface area contributed by atoms with Gasteiger partial charge in [-0.3, -0.25) is 4.79 Å². The Hall–Kier alpha value is -1.59. The van der Waals surface area contributed by atoms with E-state index in [1.54, 1.807) is 0 Å². The molecule has 2 heterocycles. The third kappa shape index (κ3) is 4.03. The van der Waals surface area contributed by atoms with Crippen LogP contribution < -0.4 is 0 Å². The fourth-order valence-corrected chi connectivity index (χ4v) is 3.27. The number of carbonyl (C=O) groups is 1. The van der Waals surface area contributed by atoms with Gasteiger partial charge in [0.25, 0.3) is 0 Å². The Morgan fingerprint density at radius 1 is 1.43 bits per heavy atom. The number of unbranched alkanes of at least 4 members (excludes halogenated alkanes) is 1. The number of nitrogens with zero attached hydrogens (tertiary/aromatic N) is 2. The Morgan fingerprint density at radius 2 is 2.30 bits per heavy atom. The SMILES string of the molecule is O=C(O)CCCCc1nc2cc(Cl)ccc2n1CC1CCCO1. The van der Waals surface area contributed by atoms with E-state index in [0.717, 1.165) is 55.7 Å². The Morgan fingerprint density at radius 3 is 3.04 bits per heavy atom. The maximum atomic E-state index is 10.6. The zero-order chi connectivity index (χ0) is 16.2. The summed E-state index contributed by atoms with van der Waals surface area (Å²) in [5, 5.41) is 9.43. The van der Waals surface area contributed by atoms with Gasteiger partial charge in [0.05, 0.1) is 23.7 Å². The number of hydrogen-bond donors (Lipinski definition) is 1. The average Bonchev–Trinajstić information content (AvgIpc) is 3.12. The lowest BCUT2D eigenvalue weighted by Gasteiger charge is -2.14. The van der Waals surface area contributed by atoms with Crippen molar-refractivity contribution >= 4 is 28.6 Å². The van der Waals surface area contributed by atoms with E-state index in [1.807, 2.05) is 18.2 Å². The Labute approximate surface area is 140 Å². The van der Waals surface area contributed by atoms with E-state index in [4.69, 9.17) is 26.4 Å². The van der Waals surface area contributed by atoms with Crippen molar-refractivity contribution in [3.05, 3.63) is 29.0 Å². The summed E-state index contributed by atoms with van der Waals surface area (Å²) in [6, 6.07) is 5.76. The van der Waals surface area contributed by atoms with Gasteiger partial charge >= 0.3 is 5.97 Å². The molecule has 0 saturated carbocycles. The molecule has 0 radical (unpaired) electrons. The smallest absolute Gasteiger partial charge is 0.303 e. The van der Waals surface area contributed by atoms with Crippen LogP contribution in [0.5, 0.6) is 0 Å². The Kier molecular flexibility index (Phi) is 5.18. The van der Waals surface area contributed by atoms with Gasteiger partial charge < -0.3 is 14.4 Å². The minimum Gasteiger partial charge on any atom is -0.481 e. The van der Waals surface area contributed by atoms with Gasteiger partial charge in [-0.15, -0.1) is 0 Å². The highest BCUT2D eigenvalue weighted by atomic mass is 35.5. The predicted molar refractivity (Wildman–Crippen MR) is 88.9 cm³/mol. The van der Waals surface area contributed by atoms with E-state index in [0.29, 0.717) is 11.4 Å². The molecule has 1 aromatic heterocycles. The third-order valence-corrected chi connectivity index (χ3v) is 4.48. The summed E-state index contributed by atoms with van der Waals surface area (Å²) >= 11 is 6.07. The molecule has 0 bridgehead atoms. The number of imidazole rings is 1. The van der Waals surface area contributed by atoms with Crippen LogP contribution in [-0.4, -0.2) is 33.3 Å². The molecule has 5 nitrogen and oxygen atoms in total. The van der Waals surface area contributed by atoms with Crippen molar-refractivity contribution in [1.82, 2.24) is 9.55 Å². The zero-order valence-electron chi connectivity index (χ0n) is 13.0. The number of halogens is 1. The largest absolute Gasteiger partial charge is 0.481 e. The highest BCUT2D eigenvalue weighted by molar-refractivity contribution is 6.31. The van der Waals surface area contributed by atoms with Crippen molar-refractivity contribution in [3.8, 4) is 0 Å². The van der Waals surface area contributed by atoms with Crippen LogP contribution in [0.2, 0.25) is 5.02 Å². The van der Waals surface area contributed by atoms with Gasteiger partial charge in [-0.2, -0.15) is 0 Å². The average molecular weight is 337 g/mol. The third-order valence-electron chi connectivity index (χ3n) is 4.24. The number of hydrogen-bond acceptors (Lipinski definition) is 3. The minimum atomic E-state index is -0.746. The second-order valence-corrected chi connectivity index (χ2v) is 6.44. The molecule has 1 saturated heterocycles. The first-order valence-corrected chi connectivity index (χ1v) is 8.49. The first-order valence-electron chi connectivity index (χ1n) is 8.11. The van der Waals surface area contributed by atoms with Crippen LogP contribution >= 0.6 is 11.6 Å². The Balaban J connectivity index is 1.80. The molecular formula is C17H21ClN2O3. The van der Waals surface area contributed by atoms with Crippen molar-refractivity contribution in [1.29, 1.82) is 0 Å². The molecule has 3 rings (SSSR count). The molecule has 0 amide bonds. The number of aromatic nitrogens is 2. The molecule has 1 fully saturated rings. The molecule has 0 aliphatic carbocycles. The number of benzene rings is 1. The van der Waals surface area contributed by atoms with Crippen molar-refractivity contribution in [2.75, 3.05) is 6.61 Å². The standard InChI is InChI=1S/C17H21ClN2O3/c18-12-7-8-15-14(10-12)19-16(5-1-2-6-17(21)22)20(15)11-13-4-3-9-23-13/h7-8,10,13H,1-6,9,11H2,(H,21,22). The van der Waals surface area contributed by atoms with Crippen LogP contribution in [0.1, 0.15) is 37.9 Å². The van der Waals surface area contributed by atoms with E-state index in [1.165, 1.54) is 0 Å².